The number of aryl methyl sites for hydroxylation is 2. The smallest absolute Gasteiger partial charge is 0.120 e. The zero-order chi connectivity index (χ0) is 13.7. The van der Waals surface area contributed by atoms with E-state index in [0.717, 1.165) is 17.5 Å². The largest absolute Gasteiger partial charge is 0.489 e. The molecule has 2 heteroatoms. The number of benzene rings is 2. The van der Waals surface area contributed by atoms with E-state index in [1.165, 1.54) is 22.3 Å². The molecule has 100 valence electrons. The van der Waals surface area contributed by atoms with E-state index >= 15 is 0 Å². The van der Waals surface area contributed by atoms with E-state index in [-0.39, 0.29) is 0 Å². The van der Waals surface area contributed by atoms with Crippen molar-refractivity contribution in [2.24, 2.45) is 0 Å². The van der Waals surface area contributed by atoms with Gasteiger partial charge in [-0.15, -0.1) is 0 Å². The first-order valence-corrected chi connectivity index (χ1v) is 7.65. The summed E-state index contributed by atoms with van der Waals surface area (Å²) in [5, 5.41) is 0.999. The molecule has 2 rings (SSSR count). The van der Waals surface area contributed by atoms with Gasteiger partial charge in [-0.1, -0.05) is 46.3 Å². The van der Waals surface area contributed by atoms with Crippen LogP contribution in [0.5, 0.6) is 5.75 Å². The van der Waals surface area contributed by atoms with Gasteiger partial charge in [-0.3, -0.25) is 0 Å². The summed E-state index contributed by atoms with van der Waals surface area (Å²) in [4.78, 5) is 0. The summed E-state index contributed by atoms with van der Waals surface area (Å²) in [6, 6.07) is 14.5. The minimum absolute atomic E-state index is 0.623. The Balaban J connectivity index is 2.09. The Morgan fingerprint density at radius 3 is 2.21 bits per heavy atom. The quantitative estimate of drug-likeness (QED) is 0.718. The van der Waals surface area contributed by atoms with Gasteiger partial charge in [0.25, 0.3) is 0 Å². The highest BCUT2D eigenvalue weighted by molar-refractivity contribution is 9.09. The second-order valence-electron chi connectivity index (χ2n) is 4.75. The molecule has 0 amide bonds. The second kappa shape index (κ2) is 6.76. The van der Waals surface area contributed by atoms with E-state index in [1.807, 2.05) is 18.2 Å². The van der Waals surface area contributed by atoms with E-state index in [9.17, 15) is 0 Å². The minimum Gasteiger partial charge on any atom is -0.489 e. The molecule has 0 aromatic heterocycles. The van der Waals surface area contributed by atoms with Crippen LogP contribution in [0.25, 0.3) is 0 Å². The third-order valence-electron chi connectivity index (χ3n) is 3.26. The molecule has 0 heterocycles. The molecule has 0 aliphatic heterocycles. The molecule has 0 atom stereocenters. The lowest BCUT2D eigenvalue weighted by atomic mass is 10.0. The molecule has 19 heavy (non-hydrogen) atoms. The van der Waals surface area contributed by atoms with Gasteiger partial charge in [0.05, 0.1) is 0 Å². The predicted octanol–water partition coefficient (Wildman–Crippen LogP) is 4.82. The molecular formula is C17H19BrO. The lowest BCUT2D eigenvalue weighted by Gasteiger charge is -2.13. The fraction of sp³-hybridized carbons (Fsp3) is 0.294. The summed E-state index contributed by atoms with van der Waals surface area (Å²) >= 11 is 3.50. The Bertz CT molecular complexity index is 511. The van der Waals surface area contributed by atoms with E-state index in [4.69, 9.17) is 4.74 Å². The van der Waals surface area contributed by atoms with Gasteiger partial charge in [0.1, 0.15) is 12.4 Å². The Hall–Kier alpha value is -1.28. The second-order valence-corrected chi connectivity index (χ2v) is 5.54. The molecule has 0 saturated carbocycles. The van der Waals surface area contributed by atoms with Crippen LogP contribution in [0, 0.1) is 13.8 Å². The van der Waals surface area contributed by atoms with Crippen molar-refractivity contribution in [3.05, 3.63) is 64.7 Å². The maximum absolute atomic E-state index is 5.88. The zero-order valence-corrected chi connectivity index (χ0v) is 13.0. The van der Waals surface area contributed by atoms with Crippen LogP contribution in [0.1, 0.15) is 22.3 Å². The molecule has 0 N–H and O–H groups in total. The SMILES string of the molecule is Cc1cc(OCc2ccccc2)cc(C)c1CCBr. The minimum atomic E-state index is 0.623. The first kappa shape index (κ1) is 14.1. The average molecular weight is 319 g/mol. The number of rotatable bonds is 5. The van der Waals surface area contributed by atoms with Crippen molar-refractivity contribution in [2.75, 3.05) is 5.33 Å². The van der Waals surface area contributed by atoms with Gasteiger partial charge in [0, 0.05) is 5.33 Å². The molecule has 0 fully saturated rings. The molecule has 0 unspecified atom stereocenters. The zero-order valence-electron chi connectivity index (χ0n) is 11.4. The van der Waals surface area contributed by atoms with Gasteiger partial charge < -0.3 is 4.74 Å². The van der Waals surface area contributed by atoms with Crippen LogP contribution < -0.4 is 4.74 Å². The van der Waals surface area contributed by atoms with Crippen LogP contribution in [-0.2, 0) is 13.0 Å². The van der Waals surface area contributed by atoms with E-state index in [0.29, 0.717) is 6.61 Å². The average Bonchev–Trinajstić information content (AvgIpc) is 2.42. The normalized spacial score (nSPS) is 10.5. The third kappa shape index (κ3) is 3.84. The number of hydrogen-bond donors (Lipinski definition) is 0. The lowest BCUT2D eigenvalue weighted by Crippen LogP contribution is -1.99. The molecular weight excluding hydrogens is 300 g/mol. The first-order chi connectivity index (χ1) is 9.20. The third-order valence-corrected chi connectivity index (χ3v) is 3.66. The maximum atomic E-state index is 5.88. The fourth-order valence-electron chi connectivity index (χ4n) is 2.27. The van der Waals surface area contributed by atoms with Gasteiger partial charge in [-0.25, -0.2) is 0 Å². The molecule has 0 aliphatic rings. The summed E-state index contributed by atoms with van der Waals surface area (Å²) in [6.45, 7) is 4.93. The van der Waals surface area contributed by atoms with Crippen molar-refractivity contribution in [3.8, 4) is 5.75 Å². The highest BCUT2D eigenvalue weighted by Gasteiger charge is 2.05. The van der Waals surface area contributed by atoms with Crippen LogP contribution in [0.15, 0.2) is 42.5 Å². The highest BCUT2D eigenvalue weighted by Crippen LogP contribution is 2.23. The molecule has 0 bridgehead atoms. The highest BCUT2D eigenvalue weighted by atomic mass is 79.9. The van der Waals surface area contributed by atoms with Crippen LogP contribution >= 0.6 is 15.9 Å². The van der Waals surface area contributed by atoms with Crippen molar-refractivity contribution in [3.63, 3.8) is 0 Å². The number of alkyl halides is 1. The van der Waals surface area contributed by atoms with Gasteiger partial charge >= 0.3 is 0 Å². The van der Waals surface area contributed by atoms with Crippen LogP contribution in [0.2, 0.25) is 0 Å². The van der Waals surface area contributed by atoms with Crippen molar-refractivity contribution in [2.45, 2.75) is 26.9 Å². The monoisotopic (exact) mass is 318 g/mol. The van der Waals surface area contributed by atoms with Crippen molar-refractivity contribution >= 4 is 15.9 Å². The lowest BCUT2D eigenvalue weighted by molar-refractivity contribution is 0.305. The standard InChI is InChI=1S/C17H19BrO/c1-13-10-16(11-14(2)17(13)8-9-18)19-12-15-6-4-3-5-7-15/h3-7,10-11H,8-9,12H2,1-2H3. The molecule has 1 nitrogen and oxygen atoms in total. The summed E-state index contributed by atoms with van der Waals surface area (Å²) in [6.07, 6.45) is 1.07. The van der Waals surface area contributed by atoms with E-state index < -0.39 is 0 Å². The maximum Gasteiger partial charge on any atom is 0.120 e. The first-order valence-electron chi connectivity index (χ1n) is 6.53. The Labute approximate surface area is 123 Å². The van der Waals surface area contributed by atoms with Gasteiger partial charge in [0.15, 0.2) is 0 Å². The van der Waals surface area contributed by atoms with Crippen LogP contribution in [-0.4, -0.2) is 5.33 Å². The molecule has 0 spiro atoms. The van der Waals surface area contributed by atoms with Crippen LogP contribution in [0.3, 0.4) is 0 Å². The fourth-order valence-corrected chi connectivity index (χ4v) is 2.66. The number of ether oxygens (including phenoxy) is 1. The summed E-state index contributed by atoms with van der Waals surface area (Å²) in [7, 11) is 0. The topological polar surface area (TPSA) is 9.23 Å². The van der Waals surface area contributed by atoms with Crippen molar-refractivity contribution < 1.29 is 4.74 Å². The molecule has 0 aliphatic carbocycles. The Morgan fingerprint density at radius 1 is 1.00 bits per heavy atom. The van der Waals surface area contributed by atoms with E-state index in [2.05, 4.69) is 54.0 Å². The van der Waals surface area contributed by atoms with E-state index in [1.54, 1.807) is 0 Å². The van der Waals surface area contributed by atoms with Crippen LogP contribution in [0.4, 0.5) is 0 Å². The van der Waals surface area contributed by atoms with Crippen molar-refractivity contribution in [1.82, 2.24) is 0 Å². The molecule has 2 aromatic carbocycles. The Morgan fingerprint density at radius 2 is 1.63 bits per heavy atom. The summed E-state index contributed by atoms with van der Waals surface area (Å²) in [5.41, 5.74) is 5.23. The van der Waals surface area contributed by atoms with Gasteiger partial charge in [-0.2, -0.15) is 0 Å². The van der Waals surface area contributed by atoms with Gasteiger partial charge in [0.2, 0.25) is 0 Å². The summed E-state index contributed by atoms with van der Waals surface area (Å²) < 4.78 is 5.88. The predicted molar refractivity (Wildman–Crippen MR) is 84.2 cm³/mol. The molecule has 2 aromatic rings. The molecule has 0 radical (unpaired) electrons. The van der Waals surface area contributed by atoms with Crippen molar-refractivity contribution in [1.29, 1.82) is 0 Å². The number of halogens is 1. The molecule has 0 saturated heterocycles. The summed E-state index contributed by atoms with van der Waals surface area (Å²) in [5.74, 6) is 0.956. The number of hydrogen-bond acceptors (Lipinski definition) is 1. The van der Waals surface area contributed by atoms with Gasteiger partial charge in [-0.05, 0) is 54.7 Å². The Kier molecular flexibility index (Phi) is 5.03.